The topological polar surface area (TPSA) is 66.0 Å². The average molecular weight is 339 g/mol. The fraction of sp³-hybridized carbons (Fsp3) is 0.611. The second-order valence-corrected chi connectivity index (χ2v) is 6.64. The predicted molar refractivity (Wildman–Crippen MR) is 92.5 cm³/mol. The van der Waals surface area contributed by atoms with E-state index in [0.29, 0.717) is 18.1 Å². The van der Waals surface area contributed by atoms with Gasteiger partial charge in [-0.3, -0.25) is 0 Å². The summed E-state index contributed by atoms with van der Waals surface area (Å²) < 4.78 is 21.8. The Kier molecular flexibility index (Phi) is 7.35. The van der Waals surface area contributed by atoms with Crippen LogP contribution in [0.2, 0.25) is 0 Å². The Morgan fingerprint density at radius 2 is 1.62 bits per heavy atom. The van der Waals surface area contributed by atoms with Gasteiger partial charge >= 0.3 is 6.09 Å². The summed E-state index contributed by atoms with van der Waals surface area (Å²) in [5.74, 6) is 1.35. The average Bonchev–Trinajstić information content (AvgIpc) is 2.48. The van der Waals surface area contributed by atoms with Crippen LogP contribution in [-0.4, -0.2) is 32.0 Å². The molecule has 1 aromatic carbocycles. The molecule has 0 bridgehead atoms. The fourth-order valence-corrected chi connectivity index (χ4v) is 2.11. The molecule has 0 aliphatic heterocycles. The normalized spacial score (nSPS) is 11.3. The van der Waals surface area contributed by atoms with Gasteiger partial charge in [-0.2, -0.15) is 0 Å². The van der Waals surface area contributed by atoms with Crippen molar-refractivity contribution in [1.82, 2.24) is 5.32 Å². The second-order valence-electron chi connectivity index (χ2n) is 6.64. The lowest BCUT2D eigenvalue weighted by Gasteiger charge is -2.21. The Balaban J connectivity index is 3.02. The lowest BCUT2D eigenvalue weighted by atomic mass is 10.1. The van der Waals surface area contributed by atoms with Crippen LogP contribution < -0.4 is 14.8 Å². The molecule has 0 aromatic heterocycles. The summed E-state index contributed by atoms with van der Waals surface area (Å²) in [6.07, 6.45) is -0.407. The van der Waals surface area contributed by atoms with Crippen molar-refractivity contribution in [2.75, 3.05) is 14.2 Å². The van der Waals surface area contributed by atoms with E-state index in [1.165, 1.54) is 0 Å². The van der Waals surface area contributed by atoms with E-state index in [0.717, 1.165) is 11.1 Å². The van der Waals surface area contributed by atoms with Gasteiger partial charge in [0.2, 0.25) is 0 Å². The summed E-state index contributed by atoms with van der Waals surface area (Å²) in [5.41, 5.74) is 1.11. The van der Waals surface area contributed by atoms with E-state index >= 15 is 0 Å². The first kappa shape index (κ1) is 20.1. The number of methoxy groups -OCH3 is 2. The molecule has 0 aliphatic carbocycles. The Hall–Kier alpha value is -1.95. The Bertz CT molecular complexity index is 549. The fourth-order valence-electron chi connectivity index (χ4n) is 2.11. The van der Waals surface area contributed by atoms with E-state index in [4.69, 9.17) is 18.9 Å². The van der Waals surface area contributed by atoms with Gasteiger partial charge in [-0.1, -0.05) is 0 Å². The van der Waals surface area contributed by atoms with E-state index < -0.39 is 11.7 Å². The number of hydrogen-bond donors (Lipinski definition) is 1. The summed E-state index contributed by atoms with van der Waals surface area (Å²) in [7, 11) is 3.19. The highest BCUT2D eigenvalue weighted by Gasteiger charge is 2.19. The van der Waals surface area contributed by atoms with E-state index in [1.54, 1.807) is 14.2 Å². The molecule has 0 atom stereocenters. The monoisotopic (exact) mass is 339 g/mol. The predicted octanol–water partition coefficient (Wildman–Crippen LogP) is 3.65. The molecule has 136 valence electrons. The first-order chi connectivity index (χ1) is 11.2. The zero-order valence-electron chi connectivity index (χ0n) is 15.7. The number of carbonyl (C=O) groups excluding carboxylic acids is 1. The number of hydrogen-bond acceptors (Lipinski definition) is 5. The molecule has 1 aromatic rings. The van der Waals surface area contributed by atoms with Crippen LogP contribution in [-0.2, 0) is 22.6 Å². The van der Waals surface area contributed by atoms with Crippen LogP contribution in [0, 0.1) is 0 Å². The molecule has 0 heterocycles. The third-order valence-corrected chi connectivity index (χ3v) is 3.15. The van der Waals surface area contributed by atoms with E-state index in [9.17, 15) is 4.79 Å². The molecule has 0 saturated heterocycles. The molecule has 1 amide bonds. The molecule has 1 N–H and O–H groups in total. The molecule has 0 saturated carbocycles. The third-order valence-electron chi connectivity index (χ3n) is 3.15. The van der Waals surface area contributed by atoms with Gasteiger partial charge in [0.15, 0.2) is 0 Å². The molecule has 6 nitrogen and oxygen atoms in total. The first-order valence-electron chi connectivity index (χ1n) is 7.99. The Morgan fingerprint density at radius 3 is 2.08 bits per heavy atom. The van der Waals surface area contributed by atoms with Gasteiger partial charge in [0.25, 0.3) is 0 Å². The number of amides is 1. The molecule has 0 radical (unpaired) electrons. The number of alkyl carbamates (subject to hydrolysis) is 1. The van der Waals surface area contributed by atoms with Crippen molar-refractivity contribution >= 4 is 6.09 Å². The van der Waals surface area contributed by atoms with Gasteiger partial charge in [-0.15, -0.1) is 0 Å². The van der Waals surface area contributed by atoms with Crippen LogP contribution in [0.3, 0.4) is 0 Å². The molecular formula is C18H29NO5. The standard InChI is InChI=1S/C18H29NO5/c1-12(2)23-11-14-13(10-19-17(20)24-18(3,4)5)15(21-6)8-9-16(14)22-7/h8-9,12H,10-11H2,1-7H3,(H,19,20). The van der Waals surface area contributed by atoms with E-state index in [2.05, 4.69) is 5.32 Å². The van der Waals surface area contributed by atoms with Gasteiger partial charge in [-0.25, -0.2) is 4.79 Å². The first-order valence-corrected chi connectivity index (χ1v) is 7.99. The zero-order valence-corrected chi connectivity index (χ0v) is 15.7. The summed E-state index contributed by atoms with van der Waals surface area (Å²) in [6.45, 7) is 10.0. The van der Waals surface area contributed by atoms with Crippen molar-refractivity contribution in [2.45, 2.75) is 59.5 Å². The highest BCUT2D eigenvalue weighted by Crippen LogP contribution is 2.31. The van der Waals surface area contributed by atoms with Gasteiger partial charge in [0.05, 0.1) is 33.5 Å². The van der Waals surface area contributed by atoms with Crippen LogP contribution in [0.5, 0.6) is 11.5 Å². The van der Waals surface area contributed by atoms with Crippen molar-refractivity contribution in [3.8, 4) is 11.5 Å². The minimum absolute atomic E-state index is 0.0765. The van der Waals surface area contributed by atoms with E-state index in [1.807, 2.05) is 46.8 Å². The summed E-state index contributed by atoms with van der Waals surface area (Å²) in [5, 5.41) is 2.76. The number of benzene rings is 1. The molecule has 1 rings (SSSR count). The van der Waals surface area contributed by atoms with Crippen molar-refractivity contribution in [3.63, 3.8) is 0 Å². The number of nitrogens with one attached hydrogen (secondary N) is 1. The van der Waals surface area contributed by atoms with Gasteiger partial charge in [-0.05, 0) is 46.8 Å². The van der Waals surface area contributed by atoms with Crippen molar-refractivity contribution < 1.29 is 23.7 Å². The maximum atomic E-state index is 11.9. The molecule has 0 fully saturated rings. The van der Waals surface area contributed by atoms with Crippen LogP contribution in [0.1, 0.15) is 45.7 Å². The lowest BCUT2D eigenvalue weighted by molar-refractivity contribution is 0.0517. The number of rotatable bonds is 7. The van der Waals surface area contributed by atoms with Gasteiger partial charge in [0, 0.05) is 11.1 Å². The maximum Gasteiger partial charge on any atom is 0.407 e. The molecule has 0 unspecified atom stereocenters. The molecular weight excluding hydrogens is 310 g/mol. The van der Waals surface area contributed by atoms with Crippen molar-refractivity contribution in [1.29, 1.82) is 0 Å². The largest absolute Gasteiger partial charge is 0.496 e. The van der Waals surface area contributed by atoms with Crippen LogP contribution in [0.25, 0.3) is 0 Å². The SMILES string of the molecule is COc1ccc(OC)c(COC(C)C)c1CNC(=O)OC(C)(C)C. The third kappa shape index (κ3) is 6.28. The summed E-state index contributed by atoms with van der Waals surface area (Å²) in [6, 6.07) is 3.64. The molecule has 0 aliphatic rings. The highest BCUT2D eigenvalue weighted by atomic mass is 16.6. The molecule has 0 spiro atoms. The Labute approximate surface area is 144 Å². The molecule has 24 heavy (non-hydrogen) atoms. The smallest absolute Gasteiger partial charge is 0.407 e. The van der Waals surface area contributed by atoms with Gasteiger partial charge < -0.3 is 24.3 Å². The van der Waals surface area contributed by atoms with Crippen molar-refractivity contribution in [3.05, 3.63) is 23.3 Å². The van der Waals surface area contributed by atoms with Crippen LogP contribution in [0.4, 0.5) is 4.79 Å². The van der Waals surface area contributed by atoms with Crippen molar-refractivity contribution in [2.24, 2.45) is 0 Å². The minimum Gasteiger partial charge on any atom is -0.496 e. The van der Waals surface area contributed by atoms with Gasteiger partial charge in [0.1, 0.15) is 17.1 Å². The molecule has 6 heteroatoms. The number of ether oxygens (including phenoxy) is 4. The summed E-state index contributed by atoms with van der Waals surface area (Å²) in [4.78, 5) is 11.9. The minimum atomic E-state index is -0.549. The summed E-state index contributed by atoms with van der Waals surface area (Å²) >= 11 is 0. The highest BCUT2D eigenvalue weighted by molar-refractivity contribution is 5.68. The van der Waals surface area contributed by atoms with Crippen LogP contribution in [0.15, 0.2) is 12.1 Å². The van der Waals surface area contributed by atoms with Crippen LogP contribution >= 0.6 is 0 Å². The Morgan fingerprint density at radius 1 is 1.08 bits per heavy atom. The quantitative estimate of drug-likeness (QED) is 0.821. The maximum absolute atomic E-state index is 11.9. The van der Waals surface area contributed by atoms with E-state index in [-0.39, 0.29) is 12.6 Å². The second kappa shape index (κ2) is 8.78. The number of carbonyl (C=O) groups is 1. The lowest BCUT2D eigenvalue weighted by Crippen LogP contribution is -2.32. The zero-order chi connectivity index (χ0) is 18.3.